The lowest BCUT2D eigenvalue weighted by Crippen LogP contribution is -2.15. The fraction of sp³-hybridized carbons (Fsp3) is 0.0455. The van der Waals surface area contributed by atoms with Crippen LogP contribution in [0.25, 0.3) is 0 Å². The second kappa shape index (κ2) is 8.73. The number of nitrogens with one attached hydrogen (secondary N) is 1. The maximum Gasteiger partial charge on any atom is 0.341 e. The van der Waals surface area contributed by atoms with Gasteiger partial charge in [-0.2, -0.15) is 0 Å². The van der Waals surface area contributed by atoms with Crippen molar-refractivity contribution >= 4 is 23.3 Å². The molecule has 5 nitrogen and oxygen atoms in total. The molecule has 0 heterocycles. The summed E-state index contributed by atoms with van der Waals surface area (Å²) >= 11 is 0. The van der Waals surface area contributed by atoms with E-state index < -0.39 is 24.2 Å². The Hall–Kier alpha value is -3.80. The number of anilines is 1. The van der Waals surface area contributed by atoms with Crippen LogP contribution < -0.4 is 5.32 Å². The van der Waals surface area contributed by atoms with E-state index in [1.165, 1.54) is 30.3 Å². The zero-order chi connectivity index (χ0) is 19.9. The topological polar surface area (TPSA) is 72.5 Å². The molecule has 140 valence electrons. The lowest BCUT2D eigenvalue weighted by molar-refractivity contribution is 0.0470. The summed E-state index contributed by atoms with van der Waals surface area (Å²) in [5.41, 5.74) is 1.12. The number of Topliss-reactive ketones (excluding diaryl/α,β-unsaturated/α-hetero) is 1. The number of benzene rings is 3. The van der Waals surface area contributed by atoms with Gasteiger partial charge in [-0.3, -0.25) is 9.59 Å². The van der Waals surface area contributed by atoms with Crippen LogP contribution in [0.5, 0.6) is 0 Å². The molecule has 0 aromatic heterocycles. The molecule has 1 N–H and O–H groups in total. The molecular formula is C22H16FNO4. The van der Waals surface area contributed by atoms with Crippen molar-refractivity contribution in [3.8, 4) is 0 Å². The van der Waals surface area contributed by atoms with Crippen LogP contribution in [-0.4, -0.2) is 24.3 Å². The molecule has 0 atom stereocenters. The number of ether oxygens (including phenoxy) is 1. The third kappa shape index (κ3) is 4.67. The van der Waals surface area contributed by atoms with E-state index in [4.69, 9.17) is 4.74 Å². The second-order valence-corrected chi connectivity index (χ2v) is 5.88. The van der Waals surface area contributed by atoms with Crippen molar-refractivity contribution in [3.63, 3.8) is 0 Å². The summed E-state index contributed by atoms with van der Waals surface area (Å²) in [6.45, 7) is -0.511. The molecule has 0 fully saturated rings. The average Bonchev–Trinajstić information content (AvgIpc) is 2.73. The summed E-state index contributed by atoms with van der Waals surface area (Å²) in [7, 11) is 0. The molecule has 0 aliphatic carbocycles. The first-order valence-corrected chi connectivity index (χ1v) is 8.46. The number of carbonyl (C=O) groups is 3. The van der Waals surface area contributed by atoms with Crippen molar-refractivity contribution in [1.82, 2.24) is 0 Å². The minimum atomic E-state index is -0.904. The van der Waals surface area contributed by atoms with E-state index in [1.807, 2.05) is 6.07 Å². The van der Waals surface area contributed by atoms with Gasteiger partial charge in [0.2, 0.25) is 0 Å². The van der Waals surface area contributed by atoms with Gasteiger partial charge in [-0.25, -0.2) is 9.18 Å². The molecule has 0 radical (unpaired) electrons. The maximum absolute atomic E-state index is 13.5. The number of carbonyl (C=O) groups excluding carboxylic acids is 3. The smallest absolute Gasteiger partial charge is 0.341 e. The largest absolute Gasteiger partial charge is 0.454 e. The molecule has 0 saturated heterocycles. The molecule has 0 bridgehead atoms. The first-order chi connectivity index (χ1) is 13.5. The van der Waals surface area contributed by atoms with Crippen molar-refractivity contribution in [3.05, 3.63) is 101 Å². The quantitative estimate of drug-likeness (QED) is 0.518. The number of hydrogen-bond donors (Lipinski definition) is 1. The predicted molar refractivity (Wildman–Crippen MR) is 102 cm³/mol. The summed E-state index contributed by atoms with van der Waals surface area (Å²) in [5.74, 6) is -2.32. The molecule has 3 aromatic carbocycles. The van der Waals surface area contributed by atoms with E-state index in [0.29, 0.717) is 16.8 Å². The van der Waals surface area contributed by atoms with Crippen LogP contribution >= 0.6 is 0 Å². The van der Waals surface area contributed by atoms with Gasteiger partial charge in [-0.1, -0.05) is 30.3 Å². The molecule has 0 saturated carbocycles. The van der Waals surface area contributed by atoms with E-state index in [2.05, 4.69) is 5.32 Å². The Morgan fingerprint density at radius 2 is 1.43 bits per heavy atom. The summed E-state index contributed by atoms with van der Waals surface area (Å²) < 4.78 is 18.4. The lowest BCUT2D eigenvalue weighted by atomic mass is 10.1. The molecule has 0 aliphatic rings. The third-order valence-corrected chi connectivity index (χ3v) is 3.93. The first kappa shape index (κ1) is 19.0. The van der Waals surface area contributed by atoms with E-state index in [1.54, 1.807) is 36.4 Å². The number of amides is 1. The summed E-state index contributed by atoms with van der Waals surface area (Å²) in [5, 5.41) is 2.73. The Bertz CT molecular complexity index is 1000. The van der Waals surface area contributed by atoms with Crippen LogP contribution in [0.15, 0.2) is 78.9 Å². The molecule has 0 unspecified atom stereocenters. The molecule has 1 amide bonds. The SMILES string of the molecule is O=C(COC(=O)c1ccccc1F)c1ccc(NC(=O)c2ccccc2)cc1. The summed E-state index contributed by atoms with van der Waals surface area (Å²) in [6.07, 6.45) is 0. The number of esters is 1. The van der Waals surface area contributed by atoms with Gasteiger partial charge in [0, 0.05) is 16.8 Å². The van der Waals surface area contributed by atoms with Gasteiger partial charge >= 0.3 is 5.97 Å². The fourth-order valence-electron chi connectivity index (χ4n) is 2.45. The first-order valence-electron chi connectivity index (χ1n) is 8.46. The van der Waals surface area contributed by atoms with Crippen LogP contribution in [0.2, 0.25) is 0 Å². The number of ketones is 1. The summed E-state index contributed by atoms with van der Waals surface area (Å²) in [6, 6.07) is 20.3. The minimum absolute atomic E-state index is 0.228. The Morgan fingerprint density at radius 1 is 0.786 bits per heavy atom. The standard InChI is InChI=1S/C22H16FNO4/c23-19-9-5-4-8-18(19)22(27)28-14-20(25)15-10-12-17(13-11-15)24-21(26)16-6-2-1-3-7-16/h1-13H,14H2,(H,24,26). The highest BCUT2D eigenvalue weighted by Crippen LogP contribution is 2.13. The molecule has 3 aromatic rings. The molecule has 28 heavy (non-hydrogen) atoms. The molecule has 0 aliphatic heterocycles. The summed E-state index contributed by atoms with van der Waals surface area (Å²) in [4.78, 5) is 36.1. The number of halogens is 1. The van der Waals surface area contributed by atoms with E-state index in [9.17, 15) is 18.8 Å². The van der Waals surface area contributed by atoms with Gasteiger partial charge in [-0.15, -0.1) is 0 Å². The van der Waals surface area contributed by atoms with Crippen molar-refractivity contribution in [2.75, 3.05) is 11.9 Å². The molecule has 6 heteroatoms. The number of hydrogen-bond acceptors (Lipinski definition) is 4. The van der Waals surface area contributed by atoms with Crippen LogP contribution in [0, 0.1) is 5.82 Å². The number of rotatable bonds is 6. The zero-order valence-electron chi connectivity index (χ0n) is 14.7. The van der Waals surface area contributed by atoms with Crippen LogP contribution in [0.3, 0.4) is 0 Å². The highest BCUT2D eigenvalue weighted by Gasteiger charge is 2.15. The highest BCUT2D eigenvalue weighted by atomic mass is 19.1. The van der Waals surface area contributed by atoms with Crippen molar-refractivity contribution in [2.45, 2.75) is 0 Å². The van der Waals surface area contributed by atoms with E-state index in [-0.39, 0.29) is 11.5 Å². The molecule has 3 rings (SSSR count). The minimum Gasteiger partial charge on any atom is -0.454 e. The van der Waals surface area contributed by atoms with E-state index in [0.717, 1.165) is 6.07 Å². The van der Waals surface area contributed by atoms with Crippen LogP contribution in [0.1, 0.15) is 31.1 Å². The van der Waals surface area contributed by atoms with Gasteiger partial charge in [0.15, 0.2) is 12.4 Å². The van der Waals surface area contributed by atoms with Gasteiger partial charge in [0.1, 0.15) is 5.82 Å². The zero-order valence-corrected chi connectivity index (χ0v) is 14.7. The fourth-order valence-corrected chi connectivity index (χ4v) is 2.45. The maximum atomic E-state index is 13.5. The van der Waals surface area contributed by atoms with Crippen molar-refractivity contribution in [1.29, 1.82) is 0 Å². The predicted octanol–water partition coefficient (Wildman–Crippen LogP) is 4.12. The Balaban J connectivity index is 1.57. The van der Waals surface area contributed by atoms with Crippen LogP contribution in [0.4, 0.5) is 10.1 Å². The Labute approximate surface area is 160 Å². The molecule has 0 spiro atoms. The molecular weight excluding hydrogens is 361 g/mol. The monoisotopic (exact) mass is 377 g/mol. The van der Waals surface area contributed by atoms with E-state index >= 15 is 0 Å². The normalized spacial score (nSPS) is 10.2. The van der Waals surface area contributed by atoms with Crippen molar-refractivity contribution < 1.29 is 23.5 Å². The van der Waals surface area contributed by atoms with Crippen molar-refractivity contribution in [2.24, 2.45) is 0 Å². The average molecular weight is 377 g/mol. The third-order valence-electron chi connectivity index (χ3n) is 3.93. The van der Waals surface area contributed by atoms with Gasteiger partial charge < -0.3 is 10.1 Å². The lowest BCUT2D eigenvalue weighted by Gasteiger charge is -2.07. The highest BCUT2D eigenvalue weighted by molar-refractivity contribution is 6.05. The van der Waals surface area contributed by atoms with Gasteiger partial charge in [0.05, 0.1) is 5.56 Å². The Kier molecular flexibility index (Phi) is 5.91. The second-order valence-electron chi connectivity index (χ2n) is 5.88. The van der Waals surface area contributed by atoms with Gasteiger partial charge in [0.25, 0.3) is 5.91 Å². The van der Waals surface area contributed by atoms with Crippen LogP contribution in [-0.2, 0) is 4.74 Å². The Morgan fingerprint density at radius 3 is 2.11 bits per heavy atom. The van der Waals surface area contributed by atoms with Gasteiger partial charge in [-0.05, 0) is 48.5 Å².